The maximum Gasteiger partial charge on any atom is 0.269 e. The van der Waals surface area contributed by atoms with Gasteiger partial charge in [0.15, 0.2) is 0 Å². The molecule has 0 saturated carbocycles. The molecule has 1 aromatic heterocycles. The second-order valence-electron chi connectivity index (χ2n) is 6.49. The zero-order chi connectivity index (χ0) is 18.9. The monoisotopic (exact) mass is 356 g/mol. The molecule has 2 aromatic rings. The highest BCUT2D eigenvalue weighted by Gasteiger charge is 2.21. The Labute approximate surface area is 157 Å². The molecule has 0 spiro atoms. The predicted molar refractivity (Wildman–Crippen MR) is 106 cm³/mol. The van der Waals surface area contributed by atoms with Crippen molar-refractivity contribution < 1.29 is 4.79 Å². The number of hydrogen-bond acceptors (Lipinski definition) is 3. The number of aromatic nitrogens is 2. The molecule has 0 unspecified atom stereocenters. The first-order chi connectivity index (χ1) is 12.7. The molecule has 1 N–H and O–H groups in total. The molecule has 2 rings (SSSR count). The first kappa shape index (κ1) is 20.2. The number of likely N-dealkylation sites (N-methyl/N-ethyl adjacent to an activating group) is 1. The molecule has 1 atom stereocenters. The van der Waals surface area contributed by atoms with Crippen molar-refractivity contribution in [1.29, 1.82) is 0 Å². The molecule has 26 heavy (non-hydrogen) atoms. The summed E-state index contributed by atoms with van der Waals surface area (Å²) in [5.74, 6) is -0.0533. The summed E-state index contributed by atoms with van der Waals surface area (Å²) in [5, 5.41) is 7.51. The minimum Gasteiger partial charge on any atom is -0.349 e. The number of benzene rings is 1. The van der Waals surface area contributed by atoms with Crippen LogP contribution in [0.1, 0.15) is 68.7 Å². The molecular weight excluding hydrogens is 324 g/mol. The normalized spacial score (nSPS) is 12.5. The summed E-state index contributed by atoms with van der Waals surface area (Å²) in [6, 6.07) is 12.6. The van der Waals surface area contributed by atoms with Crippen LogP contribution in [0.4, 0.5) is 0 Å². The van der Waals surface area contributed by atoms with E-state index in [0.717, 1.165) is 25.9 Å². The van der Waals surface area contributed by atoms with Gasteiger partial charge < -0.3 is 5.32 Å². The topological polar surface area (TPSA) is 50.2 Å². The van der Waals surface area contributed by atoms with E-state index in [-0.39, 0.29) is 18.0 Å². The van der Waals surface area contributed by atoms with Gasteiger partial charge >= 0.3 is 0 Å². The number of nitrogens with one attached hydrogen (secondary N) is 1. The number of nitrogens with zero attached hydrogens (tertiary/aromatic N) is 3. The first-order valence-corrected chi connectivity index (χ1v) is 9.76. The average molecular weight is 357 g/mol. The Morgan fingerprint density at radius 2 is 1.73 bits per heavy atom. The number of carbonyl (C=O) groups is 1. The highest BCUT2D eigenvalue weighted by atomic mass is 16.2. The smallest absolute Gasteiger partial charge is 0.269 e. The Morgan fingerprint density at radius 1 is 1.08 bits per heavy atom. The van der Waals surface area contributed by atoms with Crippen molar-refractivity contribution in [2.24, 2.45) is 0 Å². The Hall–Kier alpha value is -2.14. The van der Waals surface area contributed by atoms with Gasteiger partial charge in [0.05, 0.1) is 12.1 Å². The van der Waals surface area contributed by atoms with Crippen LogP contribution in [-0.2, 0) is 0 Å². The number of carbonyl (C=O) groups excluding carboxylic acids is 1. The van der Waals surface area contributed by atoms with Crippen LogP contribution in [0.3, 0.4) is 0 Å². The van der Waals surface area contributed by atoms with Crippen molar-refractivity contribution in [2.45, 2.75) is 52.6 Å². The minimum atomic E-state index is -0.0533. The van der Waals surface area contributed by atoms with Gasteiger partial charge in [-0.05, 0) is 37.6 Å². The molecule has 5 nitrogen and oxygen atoms in total. The van der Waals surface area contributed by atoms with Crippen LogP contribution in [0.2, 0.25) is 0 Å². The summed E-state index contributed by atoms with van der Waals surface area (Å²) in [4.78, 5) is 15.2. The molecule has 0 aliphatic heterocycles. The van der Waals surface area contributed by atoms with Gasteiger partial charge in [-0.1, -0.05) is 58.0 Å². The van der Waals surface area contributed by atoms with E-state index >= 15 is 0 Å². The third kappa shape index (κ3) is 4.73. The number of rotatable bonds is 10. The summed E-state index contributed by atoms with van der Waals surface area (Å²) >= 11 is 0. The predicted octanol–water partition coefficient (Wildman–Crippen LogP) is 4.06. The first-order valence-electron chi connectivity index (χ1n) is 9.76. The fourth-order valence-electron chi connectivity index (χ4n) is 3.50. The standard InChI is InChI=1S/C21H32N4O/c1-5-18(6-2)25-19(14-15-23-25)21(26)22-16-20(24(7-3)8-4)17-12-10-9-11-13-17/h9-15,18,20H,5-8,16H2,1-4H3,(H,22,26)/t20-/m0/s1. The molecular formula is C21H32N4O. The summed E-state index contributed by atoms with van der Waals surface area (Å²) in [5.41, 5.74) is 1.87. The maximum absolute atomic E-state index is 12.8. The fourth-order valence-corrected chi connectivity index (χ4v) is 3.50. The largest absolute Gasteiger partial charge is 0.349 e. The number of amides is 1. The van der Waals surface area contributed by atoms with E-state index in [1.807, 2.05) is 16.8 Å². The van der Waals surface area contributed by atoms with E-state index in [1.54, 1.807) is 6.20 Å². The van der Waals surface area contributed by atoms with E-state index in [2.05, 4.69) is 67.3 Å². The summed E-state index contributed by atoms with van der Waals surface area (Å²) in [6.45, 7) is 11.0. The highest BCUT2D eigenvalue weighted by Crippen LogP contribution is 2.20. The van der Waals surface area contributed by atoms with Crippen LogP contribution >= 0.6 is 0 Å². The molecule has 0 radical (unpaired) electrons. The van der Waals surface area contributed by atoms with E-state index in [0.29, 0.717) is 12.2 Å². The van der Waals surface area contributed by atoms with Crippen molar-refractivity contribution in [3.8, 4) is 0 Å². The third-order valence-corrected chi connectivity index (χ3v) is 5.08. The highest BCUT2D eigenvalue weighted by molar-refractivity contribution is 5.92. The lowest BCUT2D eigenvalue weighted by molar-refractivity contribution is 0.0921. The lowest BCUT2D eigenvalue weighted by atomic mass is 10.0. The lowest BCUT2D eigenvalue weighted by Gasteiger charge is -2.30. The van der Waals surface area contributed by atoms with Crippen molar-refractivity contribution in [2.75, 3.05) is 19.6 Å². The van der Waals surface area contributed by atoms with Crippen LogP contribution in [0.5, 0.6) is 0 Å². The van der Waals surface area contributed by atoms with Crippen molar-refractivity contribution in [1.82, 2.24) is 20.0 Å². The lowest BCUT2D eigenvalue weighted by Crippen LogP contribution is -2.38. The molecule has 0 aliphatic rings. The fraction of sp³-hybridized carbons (Fsp3) is 0.524. The van der Waals surface area contributed by atoms with Crippen molar-refractivity contribution in [3.63, 3.8) is 0 Å². The van der Waals surface area contributed by atoms with Gasteiger partial charge in [-0.2, -0.15) is 5.10 Å². The molecule has 1 heterocycles. The van der Waals surface area contributed by atoms with Crippen LogP contribution in [0.15, 0.2) is 42.6 Å². The van der Waals surface area contributed by atoms with Gasteiger partial charge in [0, 0.05) is 12.7 Å². The molecule has 0 bridgehead atoms. The molecule has 142 valence electrons. The Kier molecular flexibility index (Phi) is 7.85. The van der Waals surface area contributed by atoms with Crippen LogP contribution in [0, 0.1) is 0 Å². The Balaban J connectivity index is 2.14. The molecule has 0 aliphatic carbocycles. The average Bonchev–Trinajstić information content (AvgIpc) is 3.16. The van der Waals surface area contributed by atoms with Crippen LogP contribution in [-0.4, -0.2) is 40.2 Å². The van der Waals surface area contributed by atoms with Gasteiger partial charge in [0.1, 0.15) is 5.69 Å². The zero-order valence-electron chi connectivity index (χ0n) is 16.5. The van der Waals surface area contributed by atoms with E-state index in [4.69, 9.17) is 0 Å². The van der Waals surface area contributed by atoms with Gasteiger partial charge in [-0.3, -0.25) is 14.4 Å². The minimum absolute atomic E-state index is 0.0533. The van der Waals surface area contributed by atoms with Gasteiger partial charge in [-0.25, -0.2) is 0 Å². The van der Waals surface area contributed by atoms with Crippen molar-refractivity contribution >= 4 is 5.91 Å². The van der Waals surface area contributed by atoms with Gasteiger partial charge in [0.2, 0.25) is 0 Å². The summed E-state index contributed by atoms with van der Waals surface area (Å²) in [7, 11) is 0. The molecule has 1 aromatic carbocycles. The maximum atomic E-state index is 12.8. The Bertz CT molecular complexity index is 660. The van der Waals surface area contributed by atoms with E-state index in [9.17, 15) is 4.79 Å². The van der Waals surface area contributed by atoms with E-state index in [1.165, 1.54) is 5.56 Å². The second-order valence-corrected chi connectivity index (χ2v) is 6.49. The van der Waals surface area contributed by atoms with Crippen LogP contribution in [0.25, 0.3) is 0 Å². The number of hydrogen-bond donors (Lipinski definition) is 1. The Morgan fingerprint density at radius 3 is 2.31 bits per heavy atom. The van der Waals surface area contributed by atoms with E-state index < -0.39 is 0 Å². The summed E-state index contributed by atoms with van der Waals surface area (Å²) in [6.07, 6.45) is 3.64. The second kappa shape index (κ2) is 10.1. The van der Waals surface area contributed by atoms with Gasteiger partial charge in [-0.15, -0.1) is 0 Å². The zero-order valence-corrected chi connectivity index (χ0v) is 16.5. The SMILES string of the molecule is CCC(CC)n1nccc1C(=O)NC[C@@H](c1ccccc1)N(CC)CC. The third-order valence-electron chi connectivity index (χ3n) is 5.08. The van der Waals surface area contributed by atoms with Crippen LogP contribution < -0.4 is 5.32 Å². The molecule has 0 fully saturated rings. The molecule has 0 saturated heterocycles. The molecule has 1 amide bonds. The molecule has 5 heteroatoms. The van der Waals surface area contributed by atoms with Crippen molar-refractivity contribution in [3.05, 3.63) is 53.9 Å². The quantitative estimate of drug-likeness (QED) is 0.698. The summed E-state index contributed by atoms with van der Waals surface area (Å²) < 4.78 is 1.87. The van der Waals surface area contributed by atoms with Gasteiger partial charge in [0.25, 0.3) is 5.91 Å².